The van der Waals surface area contributed by atoms with Crippen molar-refractivity contribution in [2.24, 2.45) is 5.92 Å². The van der Waals surface area contributed by atoms with E-state index in [1.807, 2.05) is 13.8 Å². The molecular weight excluding hydrogens is 170 g/mol. The van der Waals surface area contributed by atoms with Crippen LogP contribution in [0.3, 0.4) is 0 Å². The van der Waals surface area contributed by atoms with Crippen molar-refractivity contribution in [3.8, 4) is 0 Å². The Morgan fingerprint density at radius 3 is 2.62 bits per heavy atom. The van der Waals surface area contributed by atoms with E-state index >= 15 is 0 Å². The van der Waals surface area contributed by atoms with Gasteiger partial charge in [0.15, 0.2) is 0 Å². The maximum atomic E-state index is 11.0. The van der Waals surface area contributed by atoms with Gasteiger partial charge in [0.25, 0.3) is 0 Å². The van der Waals surface area contributed by atoms with E-state index in [1.165, 1.54) is 7.11 Å². The van der Waals surface area contributed by atoms with Gasteiger partial charge in [0.1, 0.15) is 0 Å². The van der Waals surface area contributed by atoms with Gasteiger partial charge in [-0.05, 0) is 13.3 Å². The third-order valence-electron chi connectivity index (χ3n) is 1.92. The van der Waals surface area contributed by atoms with Crippen LogP contribution >= 0.6 is 0 Å². The minimum Gasteiger partial charge on any atom is -0.469 e. The lowest BCUT2D eigenvalue weighted by Crippen LogP contribution is -2.32. The van der Waals surface area contributed by atoms with Gasteiger partial charge < -0.3 is 15.2 Å². The lowest BCUT2D eigenvalue weighted by atomic mass is 10.0. The second kappa shape index (κ2) is 6.86. The van der Waals surface area contributed by atoms with Gasteiger partial charge >= 0.3 is 5.97 Å². The Balaban J connectivity index is 3.64. The van der Waals surface area contributed by atoms with Crippen LogP contribution in [0.1, 0.15) is 20.3 Å². The fourth-order valence-electron chi connectivity index (χ4n) is 1.22. The van der Waals surface area contributed by atoms with Gasteiger partial charge in [-0.3, -0.25) is 4.79 Å². The number of aliphatic hydroxyl groups is 1. The van der Waals surface area contributed by atoms with Crippen LogP contribution in [-0.2, 0) is 9.53 Å². The zero-order valence-corrected chi connectivity index (χ0v) is 8.54. The molecule has 0 rings (SSSR count). The molecule has 78 valence electrons. The highest BCUT2D eigenvalue weighted by Crippen LogP contribution is 2.07. The standard InChI is InChI=1S/C9H19NO3/c1-7(9(12)13-3)6-8(2)10-4-5-11/h7-8,10-11H,4-6H2,1-3H3. The SMILES string of the molecule is COC(=O)C(C)CC(C)NCCO. The highest BCUT2D eigenvalue weighted by Gasteiger charge is 2.15. The summed E-state index contributed by atoms with van der Waals surface area (Å²) in [7, 11) is 1.39. The Morgan fingerprint density at radius 2 is 2.15 bits per heavy atom. The van der Waals surface area contributed by atoms with Crippen LogP contribution in [0.5, 0.6) is 0 Å². The van der Waals surface area contributed by atoms with E-state index in [1.54, 1.807) is 0 Å². The Morgan fingerprint density at radius 1 is 1.54 bits per heavy atom. The van der Waals surface area contributed by atoms with Gasteiger partial charge in [0, 0.05) is 12.6 Å². The lowest BCUT2D eigenvalue weighted by molar-refractivity contribution is -0.145. The molecule has 2 unspecified atom stereocenters. The zero-order chi connectivity index (χ0) is 10.3. The molecule has 0 aliphatic heterocycles. The molecule has 0 bridgehead atoms. The number of hydrogen-bond acceptors (Lipinski definition) is 4. The van der Waals surface area contributed by atoms with Crippen LogP contribution in [0, 0.1) is 5.92 Å². The first-order valence-corrected chi connectivity index (χ1v) is 4.53. The Kier molecular flexibility index (Phi) is 6.54. The van der Waals surface area contributed by atoms with Crippen molar-refractivity contribution in [1.82, 2.24) is 5.32 Å². The number of methoxy groups -OCH3 is 1. The molecule has 0 saturated carbocycles. The Labute approximate surface area is 79.3 Å². The molecule has 0 amide bonds. The minimum absolute atomic E-state index is 0.0915. The molecule has 2 atom stereocenters. The van der Waals surface area contributed by atoms with E-state index in [9.17, 15) is 4.79 Å². The second-order valence-corrected chi connectivity index (χ2v) is 3.24. The molecule has 0 aliphatic carbocycles. The van der Waals surface area contributed by atoms with Gasteiger partial charge in [-0.25, -0.2) is 0 Å². The summed E-state index contributed by atoms with van der Waals surface area (Å²) in [5.74, 6) is -0.274. The molecule has 0 saturated heterocycles. The molecule has 2 N–H and O–H groups in total. The molecule has 0 aliphatic rings. The van der Waals surface area contributed by atoms with Crippen LogP contribution in [0.4, 0.5) is 0 Å². The van der Waals surface area contributed by atoms with Crippen molar-refractivity contribution in [3.05, 3.63) is 0 Å². The third-order valence-corrected chi connectivity index (χ3v) is 1.92. The first-order valence-electron chi connectivity index (χ1n) is 4.53. The van der Waals surface area contributed by atoms with E-state index in [0.29, 0.717) is 6.54 Å². The van der Waals surface area contributed by atoms with Crippen molar-refractivity contribution in [2.75, 3.05) is 20.3 Å². The number of carbonyl (C=O) groups excluding carboxylic acids is 1. The maximum absolute atomic E-state index is 11.0. The molecule has 4 nitrogen and oxygen atoms in total. The quantitative estimate of drug-likeness (QED) is 0.584. The van der Waals surface area contributed by atoms with Crippen molar-refractivity contribution in [3.63, 3.8) is 0 Å². The molecule has 13 heavy (non-hydrogen) atoms. The second-order valence-electron chi connectivity index (χ2n) is 3.24. The van der Waals surface area contributed by atoms with Crippen LogP contribution in [0.2, 0.25) is 0 Å². The largest absolute Gasteiger partial charge is 0.469 e. The highest BCUT2D eigenvalue weighted by atomic mass is 16.5. The number of carbonyl (C=O) groups is 1. The van der Waals surface area contributed by atoms with Crippen molar-refractivity contribution < 1.29 is 14.6 Å². The summed E-state index contributed by atoms with van der Waals surface area (Å²) < 4.78 is 4.60. The Bertz CT molecular complexity index is 150. The summed E-state index contributed by atoms with van der Waals surface area (Å²) >= 11 is 0. The van der Waals surface area contributed by atoms with Gasteiger partial charge in [-0.15, -0.1) is 0 Å². The number of rotatable bonds is 6. The smallest absolute Gasteiger partial charge is 0.308 e. The van der Waals surface area contributed by atoms with Crippen molar-refractivity contribution in [1.29, 1.82) is 0 Å². The molecule has 0 aromatic rings. The van der Waals surface area contributed by atoms with E-state index in [2.05, 4.69) is 10.1 Å². The Hall–Kier alpha value is -0.610. The normalized spacial score (nSPS) is 15.1. The number of esters is 1. The summed E-state index contributed by atoms with van der Waals surface area (Å²) in [4.78, 5) is 11.0. The summed E-state index contributed by atoms with van der Waals surface area (Å²) in [6.45, 7) is 4.50. The zero-order valence-electron chi connectivity index (χ0n) is 8.54. The molecule has 0 spiro atoms. The van der Waals surface area contributed by atoms with E-state index < -0.39 is 0 Å². The number of ether oxygens (including phenoxy) is 1. The molecular formula is C9H19NO3. The van der Waals surface area contributed by atoms with Crippen LogP contribution in [0.25, 0.3) is 0 Å². The molecule has 4 heteroatoms. The molecule has 0 aromatic heterocycles. The summed E-state index contributed by atoms with van der Waals surface area (Å²) in [5.41, 5.74) is 0. The molecule has 0 aromatic carbocycles. The predicted octanol–water partition coefficient (Wildman–Crippen LogP) is 0.156. The molecule has 0 radical (unpaired) electrons. The average Bonchev–Trinajstić information content (AvgIpc) is 2.13. The maximum Gasteiger partial charge on any atom is 0.308 e. The minimum atomic E-state index is -0.183. The van der Waals surface area contributed by atoms with Crippen molar-refractivity contribution >= 4 is 5.97 Å². The highest BCUT2D eigenvalue weighted by molar-refractivity contribution is 5.71. The average molecular weight is 189 g/mol. The van der Waals surface area contributed by atoms with Crippen molar-refractivity contribution in [2.45, 2.75) is 26.3 Å². The number of hydrogen-bond donors (Lipinski definition) is 2. The predicted molar refractivity (Wildman–Crippen MR) is 50.3 cm³/mol. The summed E-state index contributed by atoms with van der Waals surface area (Å²) in [5, 5.41) is 11.6. The summed E-state index contributed by atoms with van der Waals surface area (Å²) in [6.07, 6.45) is 0.729. The first kappa shape index (κ1) is 12.4. The monoisotopic (exact) mass is 189 g/mol. The van der Waals surface area contributed by atoms with Crippen LogP contribution < -0.4 is 5.32 Å². The van der Waals surface area contributed by atoms with Gasteiger partial charge in [0.05, 0.1) is 19.6 Å². The number of nitrogens with one attached hydrogen (secondary N) is 1. The van der Waals surface area contributed by atoms with Crippen LogP contribution in [0.15, 0.2) is 0 Å². The van der Waals surface area contributed by atoms with Gasteiger partial charge in [-0.1, -0.05) is 6.92 Å². The fourth-order valence-corrected chi connectivity index (χ4v) is 1.22. The van der Waals surface area contributed by atoms with E-state index in [-0.39, 0.29) is 24.5 Å². The first-order chi connectivity index (χ1) is 6.11. The topological polar surface area (TPSA) is 58.6 Å². The fraction of sp³-hybridized carbons (Fsp3) is 0.889. The van der Waals surface area contributed by atoms with E-state index in [0.717, 1.165) is 6.42 Å². The number of aliphatic hydroxyl groups excluding tert-OH is 1. The third kappa shape index (κ3) is 5.60. The molecule has 0 heterocycles. The summed E-state index contributed by atoms with van der Waals surface area (Å²) in [6, 6.07) is 0.223. The lowest BCUT2D eigenvalue weighted by Gasteiger charge is -2.16. The van der Waals surface area contributed by atoms with Gasteiger partial charge in [-0.2, -0.15) is 0 Å². The van der Waals surface area contributed by atoms with E-state index in [4.69, 9.17) is 5.11 Å². The molecule has 0 fully saturated rings. The van der Waals surface area contributed by atoms with Crippen LogP contribution in [-0.4, -0.2) is 37.4 Å². The van der Waals surface area contributed by atoms with Gasteiger partial charge in [0.2, 0.25) is 0 Å².